The van der Waals surface area contributed by atoms with E-state index >= 15 is 0 Å². The standard InChI is InChI=1S/C17H19NO5/c1-2-11-22-16(20)15-14(19)9-6-10-18(15)17(21)23-12-13-7-4-3-5-8-13/h2-5,7-8,15H,1,6,9-12H2. The number of piperidine rings is 1. The van der Waals surface area contributed by atoms with E-state index < -0.39 is 18.1 Å². The molecule has 1 heterocycles. The Morgan fingerprint density at radius 3 is 2.70 bits per heavy atom. The summed E-state index contributed by atoms with van der Waals surface area (Å²) in [7, 11) is 0. The molecule has 1 unspecified atom stereocenters. The van der Waals surface area contributed by atoms with Gasteiger partial charge in [0, 0.05) is 13.0 Å². The molecule has 122 valence electrons. The van der Waals surface area contributed by atoms with Crippen LogP contribution in [0, 0.1) is 0 Å². The predicted octanol–water partition coefficient (Wildman–Crippen LogP) is 2.09. The first kappa shape index (κ1) is 16.7. The van der Waals surface area contributed by atoms with Gasteiger partial charge in [-0.3, -0.25) is 9.69 Å². The van der Waals surface area contributed by atoms with Gasteiger partial charge in [0.25, 0.3) is 0 Å². The minimum Gasteiger partial charge on any atom is -0.460 e. The number of Topliss-reactive ketones (excluding diaryl/α,β-unsaturated/α-hetero) is 1. The lowest BCUT2D eigenvalue weighted by Gasteiger charge is -2.31. The molecule has 2 rings (SSSR count). The number of nitrogens with zero attached hydrogens (tertiary/aromatic N) is 1. The van der Waals surface area contributed by atoms with E-state index in [1.54, 1.807) is 0 Å². The number of likely N-dealkylation sites (tertiary alicyclic amines) is 1. The van der Waals surface area contributed by atoms with Gasteiger partial charge >= 0.3 is 12.1 Å². The monoisotopic (exact) mass is 317 g/mol. The van der Waals surface area contributed by atoms with E-state index in [9.17, 15) is 14.4 Å². The van der Waals surface area contributed by atoms with Gasteiger partial charge in [-0.05, 0) is 12.0 Å². The molecule has 1 amide bonds. The Kier molecular flexibility index (Phi) is 5.91. The maximum atomic E-state index is 12.2. The minimum atomic E-state index is -1.23. The molecule has 1 fully saturated rings. The molecule has 6 heteroatoms. The lowest BCUT2D eigenvalue weighted by atomic mass is 10.0. The Bertz CT molecular complexity index is 584. The number of ketones is 1. The third-order valence-electron chi connectivity index (χ3n) is 3.45. The lowest BCUT2D eigenvalue weighted by Crippen LogP contribution is -2.53. The number of esters is 1. The molecule has 23 heavy (non-hydrogen) atoms. The van der Waals surface area contributed by atoms with Gasteiger partial charge in [-0.25, -0.2) is 9.59 Å². The fourth-order valence-corrected chi connectivity index (χ4v) is 2.34. The van der Waals surface area contributed by atoms with Crippen molar-refractivity contribution in [2.75, 3.05) is 13.2 Å². The minimum absolute atomic E-state index is 0.00445. The Morgan fingerprint density at radius 2 is 2.00 bits per heavy atom. The zero-order valence-corrected chi connectivity index (χ0v) is 12.8. The van der Waals surface area contributed by atoms with Crippen LogP contribution in [0.5, 0.6) is 0 Å². The van der Waals surface area contributed by atoms with Crippen molar-refractivity contribution in [1.29, 1.82) is 0 Å². The molecule has 0 saturated carbocycles. The fraction of sp³-hybridized carbons (Fsp3) is 0.353. The summed E-state index contributed by atoms with van der Waals surface area (Å²) in [5.74, 6) is -1.08. The number of benzene rings is 1. The van der Waals surface area contributed by atoms with E-state index in [1.807, 2.05) is 30.3 Å². The second-order valence-electron chi connectivity index (χ2n) is 5.12. The number of ether oxygens (including phenoxy) is 2. The summed E-state index contributed by atoms with van der Waals surface area (Å²) in [6.07, 6.45) is 1.46. The largest absolute Gasteiger partial charge is 0.460 e. The fourth-order valence-electron chi connectivity index (χ4n) is 2.34. The Hall–Kier alpha value is -2.63. The summed E-state index contributed by atoms with van der Waals surface area (Å²) in [6, 6.07) is 7.95. The van der Waals surface area contributed by atoms with Crippen molar-refractivity contribution in [1.82, 2.24) is 4.90 Å². The first-order chi connectivity index (χ1) is 11.1. The first-order valence-corrected chi connectivity index (χ1v) is 7.41. The SMILES string of the molecule is C=CCOC(=O)C1C(=O)CCCN1C(=O)OCc1ccccc1. The molecule has 1 saturated heterocycles. The summed E-state index contributed by atoms with van der Waals surface area (Å²) in [4.78, 5) is 37.4. The summed E-state index contributed by atoms with van der Waals surface area (Å²) in [6.45, 7) is 3.81. The molecule has 6 nitrogen and oxygen atoms in total. The van der Waals surface area contributed by atoms with Crippen LogP contribution in [0.25, 0.3) is 0 Å². The van der Waals surface area contributed by atoms with Crippen molar-refractivity contribution in [2.45, 2.75) is 25.5 Å². The number of hydrogen-bond donors (Lipinski definition) is 0. The molecular weight excluding hydrogens is 298 g/mol. The molecule has 0 N–H and O–H groups in total. The second kappa shape index (κ2) is 8.12. The summed E-state index contributed by atoms with van der Waals surface area (Å²) in [5.41, 5.74) is 0.829. The maximum absolute atomic E-state index is 12.2. The second-order valence-corrected chi connectivity index (χ2v) is 5.12. The predicted molar refractivity (Wildman–Crippen MR) is 82.5 cm³/mol. The third-order valence-corrected chi connectivity index (χ3v) is 3.45. The highest BCUT2D eigenvalue weighted by Crippen LogP contribution is 2.17. The van der Waals surface area contributed by atoms with Crippen LogP contribution in [0.2, 0.25) is 0 Å². The van der Waals surface area contributed by atoms with Crippen LogP contribution in [0.15, 0.2) is 43.0 Å². The normalized spacial score (nSPS) is 17.5. The van der Waals surface area contributed by atoms with Gasteiger partial charge in [0.1, 0.15) is 13.2 Å². The quantitative estimate of drug-likeness (QED) is 0.472. The van der Waals surface area contributed by atoms with E-state index in [-0.39, 0.29) is 32.0 Å². The number of carbonyl (C=O) groups is 3. The van der Waals surface area contributed by atoms with Crippen molar-refractivity contribution < 1.29 is 23.9 Å². The van der Waals surface area contributed by atoms with Crippen molar-refractivity contribution in [3.8, 4) is 0 Å². The third kappa shape index (κ3) is 4.42. The van der Waals surface area contributed by atoms with Crippen LogP contribution in [0.3, 0.4) is 0 Å². The van der Waals surface area contributed by atoms with Gasteiger partial charge in [-0.2, -0.15) is 0 Å². The highest BCUT2D eigenvalue weighted by Gasteiger charge is 2.40. The van der Waals surface area contributed by atoms with E-state index in [1.165, 1.54) is 6.08 Å². The molecule has 0 aliphatic carbocycles. The molecule has 1 atom stereocenters. The van der Waals surface area contributed by atoms with Crippen LogP contribution >= 0.6 is 0 Å². The van der Waals surface area contributed by atoms with Gasteiger partial charge in [0.15, 0.2) is 11.8 Å². The van der Waals surface area contributed by atoms with Crippen LogP contribution in [-0.4, -0.2) is 41.9 Å². The molecule has 0 aromatic heterocycles. The van der Waals surface area contributed by atoms with E-state index in [4.69, 9.17) is 9.47 Å². The lowest BCUT2D eigenvalue weighted by molar-refractivity contribution is -0.153. The smallest absolute Gasteiger partial charge is 0.411 e. The molecule has 1 aromatic carbocycles. The number of rotatable bonds is 5. The average Bonchev–Trinajstić information content (AvgIpc) is 2.58. The van der Waals surface area contributed by atoms with Gasteiger partial charge < -0.3 is 9.47 Å². The number of amides is 1. The average molecular weight is 317 g/mol. The van der Waals surface area contributed by atoms with E-state index in [2.05, 4.69) is 6.58 Å². The molecule has 0 spiro atoms. The highest BCUT2D eigenvalue weighted by atomic mass is 16.6. The van der Waals surface area contributed by atoms with Gasteiger partial charge in [-0.15, -0.1) is 0 Å². The van der Waals surface area contributed by atoms with Gasteiger partial charge in [0.05, 0.1) is 0 Å². The maximum Gasteiger partial charge on any atom is 0.411 e. The molecule has 0 bridgehead atoms. The topological polar surface area (TPSA) is 72.9 Å². The van der Waals surface area contributed by atoms with Crippen LogP contribution in [-0.2, 0) is 25.7 Å². The number of hydrogen-bond acceptors (Lipinski definition) is 5. The highest BCUT2D eigenvalue weighted by molar-refractivity contribution is 6.05. The molecule has 0 radical (unpaired) electrons. The van der Waals surface area contributed by atoms with Crippen LogP contribution in [0.4, 0.5) is 4.79 Å². The van der Waals surface area contributed by atoms with Gasteiger partial charge in [0.2, 0.25) is 0 Å². The summed E-state index contributed by atoms with van der Waals surface area (Å²) < 4.78 is 10.1. The van der Waals surface area contributed by atoms with Crippen molar-refractivity contribution in [3.63, 3.8) is 0 Å². The van der Waals surface area contributed by atoms with Crippen LogP contribution in [0.1, 0.15) is 18.4 Å². The summed E-state index contributed by atoms with van der Waals surface area (Å²) >= 11 is 0. The van der Waals surface area contributed by atoms with Crippen molar-refractivity contribution >= 4 is 17.8 Å². The first-order valence-electron chi connectivity index (χ1n) is 7.41. The molecule has 1 aromatic rings. The van der Waals surface area contributed by atoms with Crippen molar-refractivity contribution in [3.05, 3.63) is 48.6 Å². The zero-order valence-electron chi connectivity index (χ0n) is 12.8. The molecular formula is C17H19NO5. The summed E-state index contributed by atoms with van der Waals surface area (Å²) in [5, 5.41) is 0. The molecule has 1 aliphatic rings. The zero-order chi connectivity index (χ0) is 16.7. The van der Waals surface area contributed by atoms with Crippen LogP contribution < -0.4 is 0 Å². The van der Waals surface area contributed by atoms with Crippen molar-refractivity contribution in [2.24, 2.45) is 0 Å². The number of carbonyl (C=O) groups excluding carboxylic acids is 3. The Morgan fingerprint density at radius 1 is 1.26 bits per heavy atom. The van der Waals surface area contributed by atoms with Gasteiger partial charge in [-0.1, -0.05) is 43.0 Å². The Balaban J connectivity index is 2.01. The van der Waals surface area contributed by atoms with E-state index in [0.717, 1.165) is 10.5 Å². The molecule has 1 aliphatic heterocycles. The Labute approximate surface area is 134 Å². The van der Waals surface area contributed by atoms with E-state index in [0.29, 0.717) is 6.42 Å².